The van der Waals surface area contributed by atoms with Crippen molar-refractivity contribution in [2.75, 3.05) is 10.0 Å². The van der Waals surface area contributed by atoms with Crippen LogP contribution in [0, 0.1) is 12.7 Å². The SMILES string of the molecule is Cc1ccc(NC(=O)/C=C\c2ccccc2F)cc1NS(=O)(=O)c1ccccc1. The molecule has 0 heterocycles. The van der Waals surface area contributed by atoms with Gasteiger partial charge in [-0.15, -0.1) is 0 Å². The van der Waals surface area contributed by atoms with Crippen LogP contribution in [0.3, 0.4) is 0 Å². The van der Waals surface area contributed by atoms with Crippen LogP contribution in [0.4, 0.5) is 15.8 Å². The second-order valence-corrected chi connectivity index (χ2v) is 7.97. The molecular formula is C22H19FN2O3S. The number of nitrogens with one attached hydrogen (secondary N) is 2. The first-order chi connectivity index (χ1) is 13.8. The van der Waals surface area contributed by atoms with Gasteiger partial charge in [-0.3, -0.25) is 9.52 Å². The second-order valence-electron chi connectivity index (χ2n) is 6.29. The fourth-order valence-electron chi connectivity index (χ4n) is 2.57. The molecule has 0 unspecified atom stereocenters. The van der Waals surface area contributed by atoms with Crippen molar-refractivity contribution >= 4 is 33.4 Å². The standard InChI is InChI=1S/C22H19FN2O3S/c1-16-11-13-18(24-22(26)14-12-17-7-5-6-10-20(17)23)15-21(16)25-29(27,28)19-8-3-2-4-9-19/h2-15,25H,1H3,(H,24,26)/b14-12-. The molecule has 148 valence electrons. The summed E-state index contributed by atoms with van der Waals surface area (Å²) in [5, 5.41) is 2.64. The quantitative estimate of drug-likeness (QED) is 0.584. The number of aryl methyl sites for hydroxylation is 1. The third-order valence-corrected chi connectivity index (χ3v) is 5.50. The molecule has 2 N–H and O–H groups in total. The van der Waals surface area contributed by atoms with Crippen LogP contribution in [0.25, 0.3) is 6.08 Å². The number of rotatable bonds is 6. The van der Waals surface area contributed by atoms with E-state index < -0.39 is 21.7 Å². The molecule has 0 saturated heterocycles. The van der Waals surface area contributed by atoms with Gasteiger partial charge in [-0.2, -0.15) is 0 Å². The fraction of sp³-hybridized carbons (Fsp3) is 0.0455. The van der Waals surface area contributed by atoms with Gasteiger partial charge in [0.2, 0.25) is 5.91 Å². The molecule has 3 aromatic carbocycles. The maximum Gasteiger partial charge on any atom is 0.261 e. The molecule has 0 aliphatic rings. The number of hydrogen-bond donors (Lipinski definition) is 2. The zero-order valence-electron chi connectivity index (χ0n) is 15.6. The highest BCUT2D eigenvalue weighted by Crippen LogP contribution is 2.23. The second kappa shape index (κ2) is 8.70. The van der Waals surface area contributed by atoms with Crippen molar-refractivity contribution in [2.24, 2.45) is 0 Å². The summed E-state index contributed by atoms with van der Waals surface area (Å²) in [4.78, 5) is 12.3. The molecule has 0 aliphatic heterocycles. The molecule has 5 nitrogen and oxygen atoms in total. The van der Waals surface area contributed by atoms with Gasteiger partial charge >= 0.3 is 0 Å². The predicted molar refractivity (Wildman–Crippen MR) is 112 cm³/mol. The molecule has 0 atom stereocenters. The van der Waals surface area contributed by atoms with Gasteiger partial charge in [0.15, 0.2) is 0 Å². The molecule has 0 aliphatic carbocycles. The number of hydrogen-bond acceptors (Lipinski definition) is 3. The third-order valence-electron chi connectivity index (χ3n) is 4.12. The molecule has 1 amide bonds. The van der Waals surface area contributed by atoms with Crippen molar-refractivity contribution in [2.45, 2.75) is 11.8 Å². The molecule has 0 aromatic heterocycles. The van der Waals surface area contributed by atoms with E-state index in [9.17, 15) is 17.6 Å². The molecular weight excluding hydrogens is 391 g/mol. The summed E-state index contributed by atoms with van der Waals surface area (Å²) in [6.45, 7) is 1.76. The lowest BCUT2D eigenvalue weighted by Crippen LogP contribution is -2.14. The van der Waals surface area contributed by atoms with Crippen LogP contribution < -0.4 is 10.0 Å². The zero-order chi connectivity index (χ0) is 20.9. The molecule has 7 heteroatoms. The first kappa shape index (κ1) is 20.3. The van der Waals surface area contributed by atoms with Crippen LogP contribution in [0.1, 0.15) is 11.1 Å². The van der Waals surface area contributed by atoms with Gasteiger partial charge in [0, 0.05) is 17.3 Å². The Morgan fingerprint density at radius 1 is 0.966 bits per heavy atom. The van der Waals surface area contributed by atoms with Gasteiger partial charge in [-0.1, -0.05) is 42.5 Å². The van der Waals surface area contributed by atoms with Crippen LogP contribution in [-0.4, -0.2) is 14.3 Å². The smallest absolute Gasteiger partial charge is 0.261 e. The summed E-state index contributed by atoms with van der Waals surface area (Å²) in [6, 6.07) is 19.0. The van der Waals surface area contributed by atoms with Gasteiger partial charge < -0.3 is 5.32 Å². The van der Waals surface area contributed by atoms with E-state index in [0.717, 1.165) is 0 Å². The molecule has 0 spiro atoms. The molecule has 0 bridgehead atoms. The fourth-order valence-corrected chi connectivity index (χ4v) is 3.72. The van der Waals surface area contributed by atoms with E-state index in [-0.39, 0.29) is 4.90 Å². The predicted octanol–water partition coefficient (Wildman–Crippen LogP) is 4.59. The average molecular weight is 410 g/mol. The maximum atomic E-state index is 13.6. The van der Waals surface area contributed by atoms with E-state index in [2.05, 4.69) is 10.0 Å². The topological polar surface area (TPSA) is 75.3 Å². The number of sulfonamides is 1. The molecule has 3 aromatic rings. The summed E-state index contributed by atoms with van der Waals surface area (Å²) in [6.07, 6.45) is 2.59. The van der Waals surface area contributed by atoms with Crippen molar-refractivity contribution in [3.8, 4) is 0 Å². The summed E-state index contributed by atoms with van der Waals surface area (Å²) in [5.74, 6) is -0.890. The minimum absolute atomic E-state index is 0.140. The number of carbonyl (C=O) groups is 1. The summed E-state index contributed by atoms with van der Waals surface area (Å²) >= 11 is 0. The van der Waals surface area contributed by atoms with E-state index in [1.54, 1.807) is 55.5 Å². The van der Waals surface area contributed by atoms with Crippen LogP contribution in [0.15, 0.2) is 83.8 Å². The Morgan fingerprint density at radius 2 is 1.66 bits per heavy atom. The van der Waals surface area contributed by atoms with Gasteiger partial charge in [0.05, 0.1) is 10.6 Å². The normalized spacial score (nSPS) is 11.4. The Kier molecular flexibility index (Phi) is 6.09. The van der Waals surface area contributed by atoms with Crippen molar-refractivity contribution < 1.29 is 17.6 Å². The minimum Gasteiger partial charge on any atom is -0.322 e. The minimum atomic E-state index is -3.75. The molecule has 29 heavy (non-hydrogen) atoms. The highest BCUT2D eigenvalue weighted by molar-refractivity contribution is 7.92. The van der Waals surface area contributed by atoms with Crippen LogP contribution >= 0.6 is 0 Å². The van der Waals surface area contributed by atoms with E-state index >= 15 is 0 Å². The van der Waals surface area contributed by atoms with Crippen molar-refractivity contribution in [3.05, 3.63) is 95.8 Å². The number of anilines is 2. The Hall–Kier alpha value is -3.45. The number of halogens is 1. The van der Waals surface area contributed by atoms with Gasteiger partial charge in [-0.25, -0.2) is 12.8 Å². The Balaban J connectivity index is 1.75. The zero-order valence-corrected chi connectivity index (χ0v) is 16.4. The highest BCUT2D eigenvalue weighted by atomic mass is 32.2. The Bertz CT molecular complexity index is 1160. The van der Waals surface area contributed by atoms with Crippen molar-refractivity contribution in [1.82, 2.24) is 0 Å². The Morgan fingerprint density at radius 3 is 2.38 bits per heavy atom. The van der Waals surface area contributed by atoms with Gasteiger partial charge in [-0.05, 0) is 48.9 Å². The van der Waals surface area contributed by atoms with Crippen LogP contribution in [-0.2, 0) is 14.8 Å². The summed E-state index contributed by atoms with van der Waals surface area (Å²) in [5.41, 5.74) is 1.75. The number of carbonyl (C=O) groups excluding carboxylic acids is 1. The van der Waals surface area contributed by atoms with Crippen LogP contribution in [0.5, 0.6) is 0 Å². The van der Waals surface area contributed by atoms with Gasteiger partial charge in [0.1, 0.15) is 5.82 Å². The van der Waals surface area contributed by atoms with E-state index in [1.165, 1.54) is 36.4 Å². The molecule has 0 saturated carbocycles. The number of benzene rings is 3. The third kappa shape index (κ3) is 5.30. The molecule has 3 rings (SSSR count). The lowest BCUT2D eigenvalue weighted by atomic mass is 10.2. The van der Waals surface area contributed by atoms with Crippen molar-refractivity contribution in [1.29, 1.82) is 0 Å². The number of amides is 1. The highest BCUT2D eigenvalue weighted by Gasteiger charge is 2.15. The first-order valence-corrected chi connectivity index (χ1v) is 10.3. The average Bonchev–Trinajstić information content (AvgIpc) is 2.70. The summed E-state index contributed by atoms with van der Waals surface area (Å²) in [7, 11) is -3.75. The van der Waals surface area contributed by atoms with Gasteiger partial charge in [0.25, 0.3) is 10.0 Å². The molecule has 0 radical (unpaired) electrons. The molecule has 0 fully saturated rings. The maximum absolute atomic E-state index is 13.6. The van der Waals surface area contributed by atoms with E-state index in [1.807, 2.05) is 0 Å². The Labute approximate surface area is 169 Å². The van der Waals surface area contributed by atoms with E-state index in [0.29, 0.717) is 22.5 Å². The lowest BCUT2D eigenvalue weighted by molar-refractivity contribution is -0.111. The van der Waals surface area contributed by atoms with Crippen LogP contribution in [0.2, 0.25) is 0 Å². The van der Waals surface area contributed by atoms with E-state index in [4.69, 9.17) is 0 Å². The monoisotopic (exact) mass is 410 g/mol. The lowest BCUT2D eigenvalue weighted by Gasteiger charge is -2.12. The largest absolute Gasteiger partial charge is 0.322 e. The van der Waals surface area contributed by atoms with Crippen molar-refractivity contribution in [3.63, 3.8) is 0 Å². The first-order valence-electron chi connectivity index (χ1n) is 8.77. The summed E-state index contributed by atoms with van der Waals surface area (Å²) < 4.78 is 41.2.